The molecular formula is C57H34N4OS. The molecule has 0 unspecified atom stereocenters. The number of nitrogens with zero attached hydrogens (tertiary/aromatic N) is 4. The van der Waals surface area contributed by atoms with Crippen molar-refractivity contribution < 1.29 is 11.3 Å². The minimum absolute atomic E-state index is 0.0340. The summed E-state index contributed by atoms with van der Waals surface area (Å²) in [5, 5.41) is 6.36. The van der Waals surface area contributed by atoms with Crippen LogP contribution in [0.2, 0.25) is 0 Å². The Morgan fingerprint density at radius 3 is 1.87 bits per heavy atom. The number of hydrogen-bond donors (Lipinski definition) is 0. The second-order valence-electron chi connectivity index (χ2n) is 15.6. The normalized spacial score (nSPS) is 12.9. The highest BCUT2D eigenvalue weighted by atomic mass is 32.1. The number of thiophene rings is 1. The first-order valence-corrected chi connectivity index (χ1v) is 21.5. The van der Waals surface area contributed by atoms with Crippen LogP contribution in [0.5, 0.6) is 0 Å². The van der Waals surface area contributed by atoms with E-state index in [-0.39, 0.29) is 17.2 Å². The van der Waals surface area contributed by atoms with Crippen molar-refractivity contribution in [2.75, 3.05) is 0 Å². The molecule has 0 N–H and O–H groups in total. The second-order valence-corrected chi connectivity index (χ2v) is 16.6. The summed E-state index contributed by atoms with van der Waals surface area (Å²) in [5.74, 6) is 0.535. The van der Waals surface area contributed by atoms with E-state index in [1.54, 1.807) is 11.3 Å². The van der Waals surface area contributed by atoms with Gasteiger partial charge in [-0.05, 0) is 59.2 Å². The largest absolute Gasteiger partial charge is 0.455 e. The number of aromatic nitrogens is 4. The van der Waals surface area contributed by atoms with Crippen LogP contribution in [0.4, 0.5) is 0 Å². The molecular weight excluding hydrogens is 789 g/mol. The van der Waals surface area contributed by atoms with E-state index in [0.717, 1.165) is 91.9 Å². The van der Waals surface area contributed by atoms with Gasteiger partial charge in [0.15, 0.2) is 17.5 Å². The molecule has 0 saturated carbocycles. The predicted molar refractivity (Wildman–Crippen MR) is 262 cm³/mol. The van der Waals surface area contributed by atoms with Gasteiger partial charge in [0.25, 0.3) is 0 Å². The van der Waals surface area contributed by atoms with Gasteiger partial charge in [-0.15, -0.1) is 11.3 Å². The van der Waals surface area contributed by atoms with E-state index >= 15 is 0 Å². The van der Waals surface area contributed by atoms with Crippen LogP contribution >= 0.6 is 11.3 Å². The fraction of sp³-hybridized carbons (Fsp3) is 0. The van der Waals surface area contributed by atoms with Crippen LogP contribution in [0.15, 0.2) is 211 Å². The summed E-state index contributed by atoms with van der Waals surface area (Å²) >= 11 is 1.65. The summed E-state index contributed by atoms with van der Waals surface area (Å²) in [7, 11) is 0. The van der Waals surface area contributed by atoms with Gasteiger partial charge in [-0.1, -0.05) is 164 Å². The minimum Gasteiger partial charge on any atom is -0.455 e. The number of rotatable bonds is 6. The molecule has 0 saturated heterocycles. The molecule has 0 spiro atoms. The number of furan rings is 1. The number of fused-ring (bicyclic) bond motifs is 9. The maximum atomic E-state index is 9.10. The lowest BCUT2D eigenvalue weighted by Gasteiger charge is -2.14. The minimum atomic E-state index is -0.495. The third-order valence-electron chi connectivity index (χ3n) is 11.9. The first kappa shape index (κ1) is 30.8. The van der Waals surface area contributed by atoms with Crippen LogP contribution in [-0.2, 0) is 0 Å². The van der Waals surface area contributed by atoms with E-state index < -0.39 is 30.2 Å². The first-order valence-electron chi connectivity index (χ1n) is 23.2. The topological polar surface area (TPSA) is 56.7 Å². The van der Waals surface area contributed by atoms with Crippen molar-refractivity contribution in [3.8, 4) is 62.1 Å². The van der Waals surface area contributed by atoms with Crippen LogP contribution in [0.25, 0.3) is 126 Å². The molecule has 5 nitrogen and oxygen atoms in total. The standard InChI is InChI=1S/C57H34N4OS/c1-3-16-35(17-4-1)40-25-15-31-51-52(40)46-33-39(61-48-28-10-7-22-42(48)43-23-8-11-29-49(43)61)34-47(54(46)63-51)57-59-55(36-18-5-2-6-19-36)58-56(60-57)38-21-13-20-37(32-38)41-26-14-27-45-44-24-9-12-30-50(44)62-53(41)45/h1-34H/i2D,5D,6D,18D,19D. The molecule has 0 amide bonds. The monoisotopic (exact) mass is 827 g/mol. The van der Waals surface area contributed by atoms with E-state index in [1.807, 2.05) is 60.7 Å². The summed E-state index contributed by atoms with van der Waals surface area (Å²) < 4.78 is 54.7. The zero-order valence-electron chi connectivity index (χ0n) is 38.3. The fourth-order valence-electron chi connectivity index (χ4n) is 9.17. The van der Waals surface area contributed by atoms with Crippen molar-refractivity contribution in [2.45, 2.75) is 0 Å². The lowest BCUT2D eigenvalue weighted by molar-refractivity contribution is 0.670. The Kier molecular flexibility index (Phi) is 6.94. The fourth-order valence-corrected chi connectivity index (χ4v) is 10.4. The van der Waals surface area contributed by atoms with Crippen LogP contribution in [-0.4, -0.2) is 19.5 Å². The van der Waals surface area contributed by atoms with Crippen molar-refractivity contribution in [1.82, 2.24) is 19.5 Å². The van der Waals surface area contributed by atoms with E-state index in [1.165, 1.54) is 0 Å². The third-order valence-corrected chi connectivity index (χ3v) is 13.1. The Hall–Kier alpha value is -8.19. The highest BCUT2D eigenvalue weighted by Gasteiger charge is 2.22. The Balaban J connectivity index is 1.12. The van der Waals surface area contributed by atoms with Gasteiger partial charge in [-0.25, -0.2) is 15.0 Å². The van der Waals surface area contributed by atoms with Crippen LogP contribution in [0.3, 0.4) is 0 Å². The molecule has 4 aromatic heterocycles. The number of para-hydroxylation sites is 4. The summed E-state index contributed by atoms with van der Waals surface area (Å²) in [6.45, 7) is 0. The van der Waals surface area contributed by atoms with E-state index in [4.69, 9.17) is 26.2 Å². The molecule has 13 aromatic rings. The van der Waals surface area contributed by atoms with Crippen molar-refractivity contribution in [1.29, 1.82) is 0 Å². The molecule has 0 fully saturated rings. The SMILES string of the molecule is [2H]c1c([2H])c([2H])c(-c2nc(-c3cccc(-c4cccc5c4oc4ccccc45)c3)nc(-c3cc(-n4c5ccccc5c5ccccc54)cc4c3sc3cccc(-c5ccccc5)c34)n2)c([2H])c1[2H]. The van der Waals surface area contributed by atoms with E-state index in [9.17, 15) is 0 Å². The zero-order valence-corrected chi connectivity index (χ0v) is 34.2. The number of hydrogen-bond acceptors (Lipinski definition) is 5. The van der Waals surface area contributed by atoms with Crippen LogP contribution < -0.4 is 0 Å². The lowest BCUT2D eigenvalue weighted by atomic mass is 9.98. The average molecular weight is 828 g/mol. The smallest absolute Gasteiger partial charge is 0.165 e. The van der Waals surface area contributed by atoms with Gasteiger partial charge in [0, 0.05) is 69.7 Å². The van der Waals surface area contributed by atoms with Crippen LogP contribution in [0, 0.1) is 0 Å². The maximum Gasteiger partial charge on any atom is 0.165 e. The molecule has 63 heavy (non-hydrogen) atoms. The Morgan fingerprint density at radius 1 is 0.444 bits per heavy atom. The Morgan fingerprint density at radius 2 is 1.06 bits per heavy atom. The van der Waals surface area contributed by atoms with E-state index in [2.05, 4.69) is 120 Å². The highest BCUT2D eigenvalue weighted by molar-refractivity contribution is 7.26. The average Bonchev–Trinajstić information content (AvgIpc) is 4.07. The summed E-state index contributed by atoms with van der Waals surface area (Å²) in [4.78, 5) is 15.4. The molecule has 0 atom stereocenters. The molecule has 0 aliphatic heterocycles. The molecule has 0 radical (unpaired) electrons. The molecule has 4 heterocycles. The Labute approximate surface area is 372 Å². The third kappa shape index (κ3) is 5.73. The van der Waals surface area contributed by atoms with Crippen molar-refractivity contribution in [2.24, 2.45) is 0 Å². The van der Waals surface area contributed by atoms with Gasteiger partial charge in [-0.3, -0.25) is 0 Å². The van der Waals surface area contributed by atoms with Crippen molar-refractivity contribution in [3.63, 3.8) is 0 Å². The zero-order chi connectivity index (χ0) is 45.8. The maximum absolute atomic E-state index is 9.10. The van der Waals surface area contributed by atoms with Gasteiger partial charge in [-0.2, -0.15) is 0 Å². The van der Waals surface area contributed by atoms with Gasteiger partial charge < -0.3 is 8.98 Å². The Bertz CT molecular complexity index is 4150. The lowest BCUT2D eigenvalue weighted by Crippen LogP contribution is -2.01. The summed E-state index contributed by atoms with van der Waals surface area (Å²) in [6.07, 6.45) is 0. The molecule has 0 aliphatic rings. The van der Waals surface area contributed by atoms with Crippen molar-refractivity contribution >= 4 is 75.3 Å². The van der Waals surface area contributed by atoms with Gasteiger partial charge in [0.1, 0.15) is 11.2 Å². The van der Waals surface area contributed by atoms with Crippen LogP contribution in [0.1, 0.15) is 6.85 Å². The van der Waals surface area contributed by atoms with E-state index in [0.29, 0.717) is 17.0 Å². The van der Waals surface area contributed by atoms with Gasteiger partial charge in [0.2, 0.25) is 0 Å². The van der Waals surface area contributed by atoms with Gasteiger partial charge in [0.05, 0.1) is 17.9 Å². The molecule has 294 valence electrons. The number of benzene rings is 9. The molecule has 9 aromatic carbocycles. The predicted octanol–water partition coefficient (Wildman–Crippen LogP) is 15.6. The molecule has 6 heteroatoms. The molecule has 0 aliphatic carbocycles. The quantitative estimate of drug-likeness (QED) is 0.168. The van der Waals surface area contributed by atoms with Crippen molar-refractivity contribution in [3.05, 3.63) is 206 Å². The molecule has 0 bridgehead atoms. The van der Waals surface area contributed by atoms with Gasteiger partial charge >= 0.3 is 0 Å². The summed E-state index contributed by atoms with van der Waals surface area (Å²) in [5.41, 5.74) is 9.69. The highest BCUT2D eigenvalue weighted by Crippen LogP contribution is 2.46. The first-order chi connectivity index (χ1) is 33.3. The second kappa shape index (κ2) is 14.2. The summed E-state index contributed by atoms with van der Waals surface area (Å²) in [6, 6.07) is 57.7. The molecule has 13 rings (SSSR count).